The Balaban J connectivity index is 4.24. The molecule has 0 heterocycles. The van der Waals surface area contributed by atoms with Crippen LogP contribution in [-0.4, -0.2) is 16.7 Å². The summed E-state index contributed by atoms with van der Waals surface area (Å²) in [7, 11) is 0. The number of aliphatic hydroxyl groups is 1. The van der Waals surface area contributed by atoms with Gasteiger partial charge in [-0.2, -0.15) is 0 Å². The predicted octanol–water partition coefficient (Wildman–Crippen LogP) is 3.62. The molecule has 0 rings (SSSR count). The summed E-state index contributed by atoms with van der Waals surface area (Å²) in [4.78, 5) is 0. The molecule has 3 N–H and O–H groups in total. The van der Waals surface area contributed by atoms with Gasteiger partial charge in [-0.3, -0.25) is 0 Å². The van der Waals surface area contributed by atoms with E-state index in [-0.39, 0.29) is 11.6 Å². The molecule has 0 amide bonds. The van der Waals surface area contributed by atoms with Crippen molar-refractivity contribution in [2.24, 2.45) is 5.73 Å². The molecule has 0 saturated carbocycles. The topological polar surface area (TPSA) is 46.2 Å². The third-order valence-corrected chi connectivity index (χ3v) is 3.49. The summed E-state index contributed by atoms with van der Waals surface area (Å²) in [5, 5.41) is 10.2. The van der Waals surface area contributed by atoms with E-state index in [2.05, 4.69) is 20.8 Å². The van der Waals surface area contributed by atoms with E-state index in [9.17, 15) is 5.11 Å². The molecule has 1 unspecified atom stereocenters. The average molecular weight is 229 g/mol. The second-order valence-electron chi connectivity index (χ2n) is 5.10. The summed E-state index contributed by atoms with van der Waals surface area (Å²) in [5.41, 5.74) is 6.07. The number of hydrogen-bond donors (Lipinski definition) is 2. The number of nitrogens with two attached hydrogens (primary N) is 1. The van der Waals surface area contributed by atoms with Crippen LogP contribution in [0.25, 0.3) is 0 Å². The predicted molar refractivity (Wildman–Crippen MR) is 71.5 cm³/mol. The first kappa shape index (κ1) is 15.9. The molecular formula is C14H31NO. The van der Waals surface area contributed by atoms with Crippen LogP contribution in [0.5, 0.6) is 0 Å². The molecule has 0 radical (unpaired) electrons. The Morgan fingerprint density at radius 3 is 1.75 bits per heavy atom. The molecule has 0 aromatic carbocycles. The van der Waals surface area contributed by atoms with Gasteiger partial charge in [0.2, 0.25) is 0 Å². The van der Waals surface area contributed by atoms with E-state index in [1.165, 1.54) is 0 Å². The fourth-order valence-corrected chi connectivity index (χ4v) is 2.15. The normalized spacial score (nSPS) is 14.1. The molecular weight excluding hydrogens is 198 g/mol. The van der Waals surface area contributed by atoms with Gasteiger partial charge in [-0.15, -0.1) is 0 Å². The maximum Gasteiger partial charge on any atom is 0.0719 e. The van der Waals surface area contributed by atoms with Gasteiger partial charge in [-0.25, -0.2) is 0 Å². The van der Waals surface area contributed by atoms with Crippen molar-refractivity contribution in [3.05, 3.63) is 0 Å². The number of rotatable bonds is 10. The summed E-state index contributed by atoms with van der Waals surface area (Å²) < 4.78 is 0. The van der Waals surface area contributed by atoms with Gasteiger partial charge < -0.3 is 10.8 Å². The third-order valence-electron chi connectivity index (χ3n) is 3.49. The first-order valence-electron chi connectivity index (χ1n) is 7.07. The zero-order valence-corrected chi connectivity index (χ0v) is 11.5. The summed E-state index contributed by atoms with van der Waals surface area (Å²) in [5.74, 6) is 0. The smallest absolute Gasteiger partial charge is 0.0719 e. The van der Waals surface area contributed by atoms with Gasteiger partial charge in [0.25, 0.3) is 0 Å². The Kier molecular flexibility index (Phi) is 8.96. The van der Waals surface area contributed by atoms with Crippen LogP contribution in [0.3, 0.4) is 0 Å². The van der Waals surface area contributed by atoms with E-state index in [0.29, 0.717) is 0 Å². The van der Waals surface area contributed by atoms with Crippen molar-refractivity contribution in [2.75, 3.05) is 0 Å². The van der Waals surface area contributed by atoms with Crippen molar-refractivity contribution in [1.82, 2.24) is 0 Å². The lowest BCUT2D eigenvalue weighted by Crippen LogP contribution is -2.50. The highest BCUT2D eigenvalue weighted by atomic mass is 16.3. The molecule has 16 heavy (non-hydrogen) atoms. The molecule has 1 atom stereocenters. The molecule has 0 saturated heterocycles. The van der Waals surface area contributed by atoms with Gasteiger partial charge >= 0.3 is 0 Å². The maximum absolute atomic E-state index is 10.2. The summed E-state index contributed by atoms with van der Waals surface area (Å²) in [6.07, 6.45) is 9.27. The van der Waals surface area contributed by atoms with Gasteiger partial charge in [-0.05, 0) is 19.3 Å². The second kappa shape index (κ2) is 9.00. The molecule has 0 spiro atoms. The lowest BCUT2D eigenvalue weighted by Gasteiger charge is -2.35. The minimum Gasteiger partial charge on any atom is -0.391 e. The van der Waals surface area contributed by atoms with Crippen LogP contribution in [0, 0.1) is 0 Å². The molecule has 2 heteroatoms. The van der Waals surface area contributed by atoms with Gasteiger partial charge in [0.1, 0.15) is 0 Å². The SMILES string of the molecule is CCCCC(O)C(N)(CCCC)CCCC. The molecule has 0 aromatic rings. The van der Waals surface area contributed by atoms with Crippen LogP contribution in [-0.2, 0) is 0 Å². The molecule has 0 aromatic heterocycles. The van der Waals surface area contributed by atoms with E-state index in [0.717, 1.165) is 57.8 Å². The van der Waals surface area contributed by atoms with Crippen molar-refractivity contribution < 1.29 is 5.11 Å². The lowest BCUT2D eigenvalue weighted by atomic mass is 9.81. The molecule has 0 bridgehead atoms. The van der Waals surface area contributed by atoms with Crippen LogP contribution >= 0.6 is 0 Å². The van der Waals surface area contributed by atoms with Gasteiger partial charge in [-0.1, -0.05) is 59.3 Å². The van der Waals surface area contributed by atoms with E-state index >= 15 is 0 Å². The van der Waals surface area contributed by atoms with E-state index < -0.39 is 0 Å². The second-order valence-corrected chi connectivity index (χ2v) is 5.10. The van der Waals surface area contributed by atoms with Crippen molar-refractivity contribution in [3.8, 4) is 0 Å². The highest BCUT2D eigenvalue weighted by Crippen LogP contribution is 2.25. The molecule has 0 aliphatic rings. The summed E-state index contributed by atoms with van der Waals surface area (Å²) in [6, 6.07) is 0. The minimum atomic E-state index is -0.332. The number of hydrogen-bond acceptors (Lipinski definition) is 2. The fourth-order valence-electron chi connectivity index (χ4n) is 2.15. The quantitative estimate of drug-likeness (QED) is 0.601. The fraction of sp³-hybridized carbons (Fsp3) is 1.00. The molecule has 98 valence electrons. The van der Waals surface area contributed by atoms with E-state index in [1.807, 2.05) is 0 Å². The number of unbranched alkanes of at least 4 members (excludes halogenated alkanes) is 3. The van der Waals surface area contributed by atoms with Crippen LogP contribution in [0.4, 0.5) is 0 Å². The molecule has 0 aliphatic heterocycles. The third kappa shape index (κ3) is 5.86. The first-order valence-corrected chi connectivity index (χ1v) is 7.07. The molecule has 0 aliphatic carbocycles. The average Bonchev–Trinajstić information content (AvgIpc) is 2.30. The van der Waals surface area contributed by atoms with Crippen LogP contribution < -0.4 is 5.73 Å². The first-order chi connectivity index (χ1) is 7.60. The lowest BCUT2D eigenvalue weighted by molar-refractivity contribution is 0.0603. The van der Waals surface area contributed by atoms with Crippen LogP contribution in [0.2, 0.25) is 0 Å². The minimum absolute atomic E-state index is 0.314. The van der Waals surface area contributed by atoms with Crippen LogP contribution in [0.15, 0.2) is 0 Å². The van der Waals surface area contributed by atoms with Crippen molar-refractivity contribution >= 4 is 0 Å². The highest BCUT2D eigenvalue weighted by molar-refractivity contribution is 4.91. The molecule has 2 nitrogen and oxygen atoms in total. The van der Waals surface area contributed by atoms with Gasteiger partial charge in [0.05, 0.1) is 6.10 Å². The van der Waals surface area contributed by atoms with Crippen molar-refractivity contribution in [3.63, 3.8) is 0 Å². The Morgan fingerprint density at radius 1 is 0.938 bits per heavy atom. The number of aliphatic hydroxyl groups excluding tert-OH is 1. The van der Waals surface area contributed by atoms with E-state index in [1.54, 1.807) is 0 Å². The van der Waals surface area contributed by atoms with Gasteiger partial charge in [0, 0.05) is 5.54 Å². The summed E-state index contributed by atoms with van der Waals surface area (Å²) >= 11 is 0. The highest BCUT2D eigenvalue weighted by Gasteiger charge is 2.31. The Labute approximate surface area is 102 Å². The van der Waals surface area contributed by atoms with Gasteiger partial charge in [0.15, 0.2) is 0 Å². The maximum atomic E-state index is 10.2. The Bertz CT molecular complexity index is 151. The largest absolute Gasteiger partial charge is 0.391 e. The van der Waals surface area contributed by atoms with Crippen molar-refractivity contribution in [2.45, 2.75) is 90.2 Å². The summed E-state index contributed by atoms with van der Waals surface area (Å²) in [6.45, 7) is 6.51. The monoisotopic (exact) mass is 229 g/mol. The molecule has 0 fully saturated rings. The standard InChI is InChI=1S/C14H31NO/c1-4-7-10-13(16)14(15,11-8-5-2)12-9-6-3/h13,16H,4-12,15H2,1-3H3. The zero-order chi connectivity index (χ0) is 12.4. The Hall–Kier alpha value is -0.0800. The van der Waals surface area contributed by atoms with Crippen molar-refractivity contribution in [1.29, 1.82) is 0 Å². The Morgan fingerprint density at radius 2 is 1.38 bits per heavy atom. The van der Waals surface area contributed by atoms with E-state index in [4.69, 9.17) is 5.73 Å². The van der Waals surface area contributed by atoms with Crippen LogP contribution in [0.1, 0.15) is 78.6 Å². The zero-order valence-electron chi connectivity index (χ0n) is 11.5.